The third-order valence-electron chi connectivity index (χ3n) is 1.49. The monoisotopic (exact) mass is 180 g/mol. The molecule has 1 aromatic heterocycles. The van der Waals surface area contributed by atoms with E-state index in [4.69, 9.17) is 0 Å². The molecule has 2 N–H and O–H groups in total. The number of hydrogen-bond donors (Lipinski definition) is 2. The van der Waals surface area contributed by atoms with Crippen molar-refractivity contribution in [1.82, 2.24) is 10.6 Å². The minimum atomic E-state index is 0.635. The molecule has 1 aliphatic heterocycles. The molecule has 13 heavy (non-hydrogen) atoms. The quantitative estimate of drug-likeness (QED) is 0.559. The van der Waals surface area contributed by atoms with Gasteiger partial charge in [0.05, 0.1) is 12.5 Å². The molecule has 1 fully saturated rings. The van der Waals surface area contributed by atoms with Gasteiger partial charge in [0, 0.05) is 19.6 Å². The smallest absolute Gasteiger partial charge is 0.146 e. The molecular formula is C9H12N2O2. The van der Waals surface area contributed by atoms with Gasteiger partial charge in [0.15, 0.2) is 0 Å². The van der Waals surface area contributed by atoms with Gasteiger partial charge in [-0.1, -0.05) is 0 Å². The Morgan fingerprint density at radius 2 is 2.08 bits per heavy atom. The Morgan fingerprint density at radius 3 is 2.38 bits per heavy atom. The lowest BCUT2D eigenvalue weighted by molar-refractivity contribution is 0.551. The molecule has 0 unspecified atom stereocenters. The highest BCUT2D eigenvalue weighted by atomic mass is 16.3. The third-order valence-corrected chi connectivity index (χ3v) is 1.49. The zero-order chi connectivity index (χ0) is 9.36. The Balaban J connectivity index is 0.000000145. The van der Waals surface area contributed by atoms with Gasteiger partial charge in [0.1, 0.15) is 11.6 Å². The average molecular weight is 180 g/mol. The number of piperazine rings is 1. The molecule has 0 amide bonds. The van der Waals surface area contributed by atoms with Crippen molar-refractivity contribution in [3.63, 3.8) is 0 Å². The van der Waals surface area contributed by atoms with Crippen LogP contribution in [0.5, 0.6) is 0 Å². The van der Waals surface area contributed by atoms with Gasteiger partial charge >= 0.3 is 0 Å². The topological polar surface area (TPSA) is 54.3 Å². The van der Waals surface area contributed by atoms with Crippen molar-refractivity contribution in [3.05, 3.63) is 30.4 Å². The van der Waals surface area contributed by atoms with Crippen molar-refractivity contribution < 1.29 is 9.21 Å². The van der Waals surface area contributed by atoms with Crippen molar-refractivity contribution in [3.8, 4) is 0 Å². The van der Waals surface area contributed by atoms with Crippen LogP contribution in [0.15, 0.2) is 34.8 Å². The summed E-state index contributed by atoms with van der Waals surface area (Å²) in [7, 11) is 0. The van der Waals surface area contributed by atoms with E-state index in [1.165, 1.54) is 0 Å². The zero-order valence-corrected chi connectivity index (χ0v) is 7.25. The fourth-order valence-corrected chi connectivity index (χ4v) is 0.877. The summed E-state index contributed by atoms with van der Waals surface area (Å²) in [5, 5.41) is 5.92. The first-order valence-electron chi connectivity index (χ1n) is 4.09. The molecule has 0 saturated carbocycles. The van der Waals surface area contributed by atoms with Crippen LogP contribution < -0.4 is 10.6 Å². The Hall–Kier alpha value is -1.51. The first kappa shape index (κ1) is 9.58. The lowest BCUT2D eigenvalue weighted by atomic mass is 10.4. The van der Waals surface area contributed by atoms with E-state index < -0.39 is 0 Å². The summed E-state index contributed by atoms with van der Waals surface area (Å²) < 4.78 is 4.58. The molecule has 1 aliphatic rings. The minimum Gasteiger partial charge on any atom is -0.473 e. The Labute approximate surface area is 76.6 Å². The fraction of sp³-hybridized carbons (Fsp3) is 0.333. The number of rotatable bonds is 0. The Kier molecular flexibility index (Phi) is 4.46. The summed E-state index contributed by atoms with van der Waals surface area (Å²) in [6, 6.07) is 3.67. The second-order valence-corrected chi connectivity index (χ2v) is 2.48. The number of furan rings is 1. The van der Waals surface area contributed by atoms with Crippen LogP contribution in [0.25, 0.3) is 0 Å². The maximum atomic E-state index is 9.90. The third kappa shape index (κ3) is 4.15. The van der Waals surface area contributed by atoms with Crippen molar-refractivity contribution in [2.45, 2.75) is 0 Å². The summed E-state index contributed by atoms with van der Waals surface area (Å²) in [4.78, 5) is 9.90. The highest BCUT2D eigenvalue weighted by Crippen LogP contribution is 1.81. The van der Waals surface area contributed by atoms with E-state index in [1.54, 1.807) is 18.5 Å². The van der Waals surface area contributed by atoms with Gasteiger partial charge in [-0.3, -0.25) is 0 Å². The maximum absolute atomic E-state index is 9.90. The van der Waals surface area contributed by atoms with E-state index in [2.05, 4.69) is 15.1 Å². The lowest BCUT2D eigenvalue weighted by Crippen LogP contribution is -2.38. The van der Waals surface area contributed by atoms with E-state index in [0.29, 0.717) is 12.2 Å². The first-order chi connectivity index (χ1) is 6.43. The second kappa shape index (κ2) is 6.06. The minimum absolute atomic E-state index is 0.635. The highest BCUT2D eigenvalue weighted by Gasteiger charge is 2.00. The summed E-state index contributed by atoms with van der Waals surface area (Å²) >= 11 is 0. The van der Waals surface area contributed by atoms with Crippen LogP contribution in [0.3, 0.4) is 0 Å². The highest BCUT2D eigenvalue weighted by molar-refractivity contribution is 5.52. The Morgan fingerprint density at radius 1 is 1.31 bits per heavy atom. The Bertz CT molecular complexity index is 238. The number of nitrogens with one attached hydrogen (secondary N) is 2. The largest absolute Gasteiger partial charge is 0.473 e. The predicted molar refractivity (Wildman–Crippen MR) is 48.8 cm³/mol. The van der Waals surface area contributed by atoms with E-state index in [1.807, 2.05) is 12.1 Å². The summed E-state index contributed by atoms with van der Waals surface area (Å²) in [6.45, 7) is 2.42. The first-order valence-corrected chi connectivity index (χ1v) is 4.09. The normalized spacial score (nSPS) is 14.9. The summed E-state index contributed by atoms with van der Waals surface area (Å²) in [5.41, 5.74) is 0.635. The van der Waals surface area contributed by atoms with E-state index >= 15 is 0 Å². The molecule has 2 heterocycles. The molecule has 70 valence electrons. The molecule has 0 aliphatic carbocycles. The molecule has 0 atom stereocenters. The predicted octanol–water partition coefficient (Wildman–Crippen LogP) is 0.174. The molecule has 1 aromatic rings. The van der Waals surface area contributed by atoms with Gasteiger partial charge in [-0.15, -0.1) is 0 Å². The molecule has 2 rings (SSSR count). The van der Waals surface area contributed by atoms with Crippen molar-refractivity contribution in [1.29, 1.82) is 0 Å². The van der Waals surface area contributed by atoms with E-state index in [0.717, 1.165) is 13.1 Å². The molecule has 4 nitrogen and oxygen atoms in total. The summed E-state index contributed by atoms with van der Waals surface area (Å²) in [6.07, 6.45) is 3.25. The van der Waals surface area contributed by atoms with Crippen LogP contribution in [-0.4, -0.2) is 25.6 Å². The molecule has 0 aromatic carbocycles. The van der Waals surface area contributed by atoms with Gasteiger partial charge in [0.25, 0.3) is 0 Å². The van der Waals surface area contributed by atoms with Crippen LogP contribution in [0.2, 0.25) is 0 Å². The van der Waals surface area contributed by atoms with Gasteiger partial charge in [-0.2, -0.15) is 0 Å². The molecule has 4 heteroatoms. The maximum Gasteiger partial charge on any atom is 0.146 e. The van der Waals surface area contributed by atoms with Crippen molar-refractivity contribution in [2.75, 3.05) is 19.6 Å². The number of hydrogen-bond acceptors (Lipinski definition) is 4. The van der Waals surface area contributed by atoms with Crippen LogP contribution in [0.1, 0.15) is 0 Å². The van der Waals surface area contributed by atoms with Crippen molar-refractivity contribution >= 4 is 5.94 Å². The summed E-state index contributed by atoms with van der Waals surface area (Å²) in [5.74, 6) is 1.80. The molecule has 0 radical (unpaired) electrons. The van der Waals surface area contributed by atoms with Crippen LogP contribution in [0.4, 0.5) is 0 Å². The molecule has 0 bridgehead atoms. The van der Waals surface area contributed by atoms with Crippen LogP contribution in [-0.2, 0) is 4.79 Å². The fourth-order valence-electron chi connectivity index (χ4n) is 0.877. The van der Waals surface area contributed by atoms with Crippen LogP contribution >= 0.6 is 0 Å². The van der Waals surface area contributed by atoms with Gasteiger partial charge in [0.2, 0.25) is 0 Å². The second-order valence-electron chi connectivity index (χ2n) is 2.48. The van der Waals surface area contributed by atoms with E-state index in [9.17, 15) is 4.79 Å². The molecule has 0 spiro atoms. The number of carbonyl (C=O) groups excluding carboxylic acids is 1. The van der Waals surface area contributed by atoms with Crippen LogP contribution in [0, 0.1) is 0 Å². The zero-order valence-electron chi connectivity index (χ0n) is 7.25. The van der Waals surface area contributed by atoms with E-state index in [-0.39, 0.29) is 0 Å². The molecule has 1 saturated heterocycles. The van der Waals surface area contributed by atoms with Gasteiger partial charge in [-0.05, 0) is 12.1 Å². The average Bonchev–Trinajstić information content (AvgIpc) is 2.77. The SMILES string of the molecule is O=C=C1CNCCN1.c1ccoc1. The standard InChI is InChI=1S/C5H8N2O.C4H4O/c8-4-5-3-6-1-2-7-5;1-2-4-5-3-1/h6-7H,1-3H2;1-4H. The van der Waals surface area contributed by atoms with Gasteiger partial charge < -0.3 is 15.1 Å². The van der Waals surface area contributed by atoms with Crippen molar-refractivity contribution in [2.24, 2.45) is 0 Å². The lowest BCUT2D eigenvalue weighted by Gasteiger charge is -2.13. The molecular weight excluding hydrogens is 168 g/mol. The van der Waals surface area contributed by atoms with Gasteiger partial charge in [-0.25, -0.2) is 4.79 Å².